The van der Waals surface area contributed by atoms with E-state index in [9.17, 15) is 9.59 Å². The zero-order valence-electron chi connectivity index (χ0n) is 15.8. The molecule has 2 fully saturated rings. The minimum atomic E-state index is -0.275. The summed E-state index contributed by atoms with van der Waals surface area (Å²) in [6, 6.07) is 9.61. The van der Waals surface area contributed by atoms with E-state index in [2.05, 4.69) is 0 Å². The highest BCUT2D eigenvalue weighted by molar-refractivity contribution is 5.84. The number of benzene rings is 1. The second kappa shape index (κ2) is 8.64. The third kappa shape index (κ3) is 4.24. The average Bonchev–Trinajstić information content (AvgIpc) is 2.69. The smallest absolute Gasteiger partial charge is 0.244 e. The molecule has 1 aromatic carbocycles. The Morgan fingerprint density at radius 1 is 1.00 bits per heavy atom. The number of carbonyl (C=O) groups is 2. The highest BCUT2D eigenvalue weighted by Crippen LogP contribution is 2.26. The number of likely N-dealkylation sites (tertiary alicyclic amines) is 1. The van der Waals surface area contributed by atoms with Gasteiger partial charge in [0.15, 0.2) is 0 Å². The lowest BCUT2D eigenvalue weighted by Gasteiger charge is -2.37. The van der Waals surface area contributed by atoms with Crippen molar-refractivity contribution in [3.8, 4) is 0 Å². The van der Waals surface area contributed by atoms with E-state index < -0.39 is 0 Å². The molecule has 1 atom stereocenters. The molecular weight excluding hydrogens is 330 g/mol. The molecule has 0 aliphatic carbocycles. The van der Waals surface area contributed by atoms with Gasteiger partial charge in [0.05, 0.1) is 13.2 Å². The molecule has 0 radical (unpaired) electrons. The zero-order chi connectivity index (χ0) is 18.5. The molecular formula is C20H29N3O3. The summed E-state index contributed by atoms with van der Waals surface area (Å²) in [5.41, 5.74) is 1.01. The lowest BCUT2D eigenvalue weighted by atomic mass is 9.94. The summed E-state index contributed by atoms with van der Waals surface area (Å²) in [6.07, 6.45) is 1.49. The number of ether oxygens (including phenoxy) is 1. The third-order valence-corrected chi connectivity index (χ3v) is 5.34. The van der Waals surface area contributed by atoms with Crippen molar-refractivity contribution in [3.05, 3.63) is 35.9 Å². The van der Waals surface area contributed by atoms with E-state index in [0.29, 0.717) is 39.4 Å². The van der Waals surface area contributed by atoms with Crippen LogP contribution in [-0.2, 0) is 14.3 Å². The molecule has 2 aliphatic rings. The van der Waals surface area contributed by atoms with Crippen LogP contribution in [0.1, 0.15) is 24.4 Å². The Labute approximate surface area is 155 Å². The number of carbonyl (C=O) groups excluding carboxylic acids is 2. The van der Waals surface area contributed by atoms with E-state index in [-0.39, 0.29) is 23.8 Å². The fraction of sp³-hybridized carbons (Fsp3) is 0.600. The second-order valence-corrected chi connectivity index (χ2v) is 7.31. The van der Waals surface area contributed by atoms with Crippen molar-refractivity contribution in [1.82, 2.24) is 14.7 Å². The zero-order valence-corrected chi connectivity index (χ0v) is 15.8. The summed E-state index contributed by atoms with van der Waals surface area (Å²) < 4.78 is 5.33. The average molecular weight is 359 g/mol. The second-order valence-electron chi connectivity index (χ2n) is 7.31. The van der Waals surface area contributed by atoms with Crippen LogP contribution in [0.4, 0.5) is 0 Å². The highest BCUT2D eigenvalue weighted by atomic mass is 16.5. The topological polar surface area (TPSA) is 53.1 Å². The van der Waals surface area contributed by atoms with E-state index >= 15 is 0 Å². The number of hydrogen-bond donors (Lipinski definition) is 0. The van der Waals surface area contributed by atoms with Crippen LogP contribution in [0.2, 0.25) is 0 Å². The van der Waals surface area contributed by atoms with Crippen molar-refractivity contribution < 1.29 is 14.3 Å². The molecule has 0 saturated carbocycles. The van der Waals surface area contributed by atoms with Gasteiger partial charge in [-0.2, -0.15) is 0 Å². The van der Waals surface area contributed by atoms with Crippen molar-refractivity contribution in [2.75, 3.05) is 53.5 Å². The van der Waals surface area contributed by atoms with Crippen molar-refractivity contribution in [1.29, 1.82) is 0 Å². The third-order valence-electron chi connectivity index (χ3n) is 5.34. The quantitative estimate of drug-likeness (QED) is 0.815. The molecule has 1 aromatic rings. The summed E-state index contributed by atoms with van der Waals surface area (Å²) in [5.74, 6) is 0.387. The molecule has 26 heavy (non-hydrogen) atoms. The number of hydrogen-bond acceptors (Lipinski definition) is 4. The molecule has 0 bridgehead atoms. The molecule has 2 saturated heterocycles. The molecule has 6 heteroatoms. The maximum Gasteiger partial charge on any atom is 0.244 e. The van der Waals surface area contributed by atoms with Gasteiger partial charge in [-0.1, -0.05) is 30.3 Å². The summed E-state index contributed by atoms with van der Waals surface area (Å²) in [4.78, 5) is 31.5. The van der Waals surface area contributed by atoms with E-state index in [1.165, 1.54) is 0 Å². The van der Waals surface area contributed by atoms with Crippen LogP contribution in [0.5, 0.6) is 0 Å². The SMILES string of the molecule is CN(C)C(C(=O)N1CCC(C(=O)N2CCOCC2)CC1)c1ccccc1. The van der Waals surface area contributed by atoms with Crippen LogP contribution in [0, 0.1) is 5.92 Å². The number of rotatable bonds is 4. The first-order chi connectivity index (χ1) is 12.6. The Hall–Kier alpha value is -1.92. The molecule has 0 spiro atoms. The van der Waals surface area contributed by atoms with Gasteiger partial charge in [-0.15, -0.1) is 0 Å². The van der Waals surface area contributed by atoms with E-state index in [4.69, 9.17) is 4.74 Å². The molecule has 2 aliphatic heterocycles. The molecule has 3 rings (SSSR count). The molecule has 0 aromatic heterocycles. The fourth-order valence-corrected chi connectivity index (χ4v) is 3.86. The first kappa shape index (κ1) is 18.9. The molecule has 142 valence electrons. The van der Waals surface area contributed by atoms with Gasteiger partial charge in [-0.05, 0) is 32.5 Å². The van der Waals surface area contributed by atoms with E-state index in [1.807, 2.05) is 59.1 Å². The van der Waals surface area contributed by atoms with Gasteiger partial charge in [-0.3, -0.25) is 14.5 Å². The van der Waals surface area contributed by atoms with Crippen LogP contribution < -0.4 is 0 Å². The standard InChI is InChI=1S/C20H29N3O3/c1-21(2)18(16-6-4-3-5-7-16)20(25)22-10-8-17(9-11-22)19(24)23-12-14-26-15-13-23/h3-7,17-18H,8-15H2,1-2H3. The monoisotopic (exact) mass is 359 g/mol. The van der Waals surface area contributed by atoms with Gasteiger partial charge < -0.3 is 14.5 Å². The number of amides is 2. The summed E-state index contributed by atoms with van der Waals surface area (Å²) in [5, 5.41) is 0. The molecule has 6 nitrogen and oxygen atoms in total. The van der Waals surface area contributed by atoms with E-state index in [1.54, 1.807) is 0 Å². The van der Waals surface area contributed by atoms with Gasteiger partial charge >= 0.3 is 0 Å². The largest absolute Gasteiger partial charge is 0.378 e. The molecule has 2 amide bonds. The fourth-order valence-electron chi connectivity index (χ4n) is 3.86. The van der Waals surface area contributed by atoms with E-state index in [0.717, 1.165) is 18.4 Å². The number of piperidine rings is 1. The highest BCUT2D eigenvalue weighted by Gasteiger charge is 2.34. The molecule has 2 heterocycles. The summed E-state index contributed by atoms with van der Waals surface area (Å²) >= 11 is 0. The van der Waals surface area contributed by atoms with Crippen LogP contribution >= 0.6 is 0 Å². The number of morpholine rings is 1. The van der Waals surface area contributed by atoms with Crippen LogP contribution in [0.15, 0.2) is 30.3 Å². The van der Waals surface area contributed by atoms with Gasteiger partial charge in [0.2, 0.25) is 11.8 Å². The number of nitrogens with zero attached hydrogens (tertiary/aromatic N) is 3. The molecule has 1 unspecified atom stereocenters. The lowest BCUT2D eigenvalue weighted by molar-refractivity contribution is -0.145. The Morgan fingerprint density at radius 2 is 1.62 bits per heavy atom. The normalized spacial score (nSPS) is 20.3. The predicted molar refractivity (Wildman–Crippen MR) is 99.6 cm³/mol. The Bertz CT molecular complexity index is 606. The minimum Gasteiger partial charge on any atom is -0.378 e. The van der Waals surface area contributed by atoms with Crippen LogP contribution in [0.3, 0.4) is 0 Å². The van der Waals surface area contributed by atoms with Gasteiger partial charge in [0.25, 0.3) is 0 Å². The van der Waals surface area contributed by atoms with Gasteiger partial charge in [-0.25, -0.2) is 0 Å². The number of likely N-dealkylation sites (N-methyl/N-ethyl adjacent to an activating group) is 1. The van der Waals surface area contributed by atoms with Crippen molar-refractivity contribution in [2.24, 2.45) is 5.92 Å². The predicted octanol–water partition coefficient (Wildman–Crippen LogP) is 1.39. The van der Waals surface area contributed by atoms with Gasteiger partial charge in [0.1, 0.15) is 6.04 Å². The Balaban J connectivity index is 1.59. The van der Waals surface area contributed by atoms with Crippen molar-refractivity contribution in [2.45, 2.75) is 18.9 Å². The summed E-state index contributed by atoms with van der Waals surface area (Å²) in [6.45, 7) is 3.94. The Morgan fingerprint density at radius 3 is 2.19 bits per heavy atom. The van der Waals surface area contributed by atoms with Gasteiger partial charge in [0, 0.05) is 32.1 Å². The maximum absolute atomic E-state index is 13.1. The Kier molecular flexibility index (Phi) is 6.27. The first-order valence-corrected chi connectivity index (χ1v) is 9.44. The van der Waals surface area contributed by atoms with Crippen LogP contribution in [0.25, 0.3) is 0 Å². The lowest BCUT2D eigenvalue weighted by Crippen LogP contribution is -2.49. The maximum atomic E-state index is 13.1. The minimum absolute atomic E-state index is 0.0340. The first-order valence-electron chi connectivity index (χ1n) is 9.44. The van der Waals surface area contributed by atoms with Crippen molar-refractivity contribution >= 4 is 11.8 Å². The molecule has 0 N–H and O–H groups in total. The van der Waals surface area contributed by atoms with Crippen molar-refractivity contribution in [3.63, 3.8) is 0 Å². The summed E-state index contributed by atoms with van der Waals surface area (Å²) in [7, 11) is 3.87. The van der Waals surface area contributed by atoms with Crippen LogP contribution in [-0.4, -0.2) is 80.0 Å².